The number of carbonyl (C=O) groups excluding carboxylic acids is 1. The van der Waals surface area contributed by atoms with Gasteiger partial charge in [-0.3, -0.25) is 4.68 Å². The molecule has 6 heteroatoms. The third-order valence-electron chi connectivity index (χ3n) is 4.54. The second kappa shape index (κ2) is 7.70. The summed E-state index contributed by atoms with van der Waals surface area (Å²) in [5, 5.41) is 20.6. The lowest BCUT2D eigenvalue weighted by atomic mass is 9.96. The molecule has 25 heavy (non-hydrogen) atoms. The molecule has 2 unspecified atom stereocenters. The average molecular weight is 344 g/mol. The zero-order valence-electron chi connectivity index (χ0n) is 15.6. The molecule has 2 amide bonds. The Morgan fingerprint density at radius 1 is 1.32 bits per heavy atom. The summed E-state index contributed by atoms with van der Waals surface area (Å²) < 4.78 is 1.86. The van der Waals surface area contributed by atoms with Crippen LogP contribution in [0.15, 0.2) is 30.3 Å². The molecule has 0 spiro atoms. The van der Waals surface area contributed by atoms with Crippen molar-refractivity contribution >= 4 is 6.03 Å². The maximum atomic E-state index is 12.1. The zero-order valence-corrected chi connectivity index (χ0v) is 15.6. The van der Waals surface area contributed by atoms with E-state index in [1.807, 2.05) is 62.8 Å². The maximum absolute atomic E-state index is 12.1. The monoisotopic (exact) mass is 344 g/mol. The molecule has 6 nitrogen and oxygen atoms in total. The lowest BCUT2D eigenvalue weighted by molar-refractivity contribution is 0.0593. The van der Waals surface area contributed by atoms with Crippen molar-refractivity contribution in [2.24, 2.45) is 7.05 Å². The Kier molecular flexibility index (Phi) is 5.85. The molecule has 0 aliphatic rings. The molecule has 2 aromatic rings. The van der Waals surface area contributed by atoms with E-state index in [0.29, 0.717) is 6.42 Å². The number of aliphatic hydroxyl groups is 1. The van der Waals surface area contributed by atoms with Gasteiger partial charge in [-0.15, -0.1) is 0 Å². The Bertz CT molecular complexity index is 723. The number of hydrogen-bond acceptors (Lipinski definition) is 3. The number of hydrogen-bond donors (Lipinski definition) is 3. The summed E-state index contributed by atoms with van der Waals surface area (Å²) in [6.45, 7) is 7.79. The van der Waals surface area contributed by atoms with Crippen molar-refractivity contribution in [1.29, 1.82) is 0 Å². The number of amides is 2. The normalized spacial score (nSPS) is 14.6. The van der Waals surface area contributed by atoms with E-state index >= 15 is 0 Å². The Hall–Kier alpha value is -2.34. The van der Waals surface area contributed by atoms with Gasteiger partial charge >= 0.3 is 6.03 Å². The topological polar surface area (TPSA) is 79.2 Å². The van der Waals surface area contributed by atoms with E-state index in [4.69, 9.17) is 0 Å². The number of rotatable bonds is 6. The molecule has 2 rings (SSSR count). The molecule has 0 fully saturated rings. The van der Waals surface area contributed by atoms with Gasteiger partial charge in [0.05, 0.1) is 12.2 Å². The summed E-state index contributed by atoms with van der Waals surface area (Å²) in [5.41, 5.74) is 2.91. The van der Waals surface area contributed by atoms with Crippen LogP contribution in [0.5, 0.6) is 0 Å². The fourth-order valence-electron chi connectivity index (χ4n) is 2.90. The van der Waals surface area contributed by atoms with Crippen LogP contribution < -0.4 is 10.6 Å². The van der Waals surface area contributed by atoms with Gasteiger partial charge < -0.3 is 15.7 Å². The number of urea groups is 1. The smallest absolute Gasteiger partial charge is 0.315 e. The molecule has 0 saturated heterocycles. The molecule has 1 aromatic heterocycles. The van der Waals surface area contributed by atoms with Gasteiger partial charge in [-0.05, 0) is 45.2 Å². The molecule has 2 atom stereocenters. The fourth-order valence-corrected chi connectivity index (χ4v) is 2.90. The number of aromatic nitrogens is 2. The van der Waals surface area contributed by atoms with Crippen molar-refractivity contribution in [2.45, 2.75) is 45.8 Å². The number of carbonyl (C=O) groups is 1. The van der Waals surface area contributed by atoms with Crippen molar-refractivity contribution in [3.8, 4) is 0 Å². The first-order chi connectivity index (χ1) is 11.7. The molecule has 136 valence electrons. The predicted octanol–water partition coefficient (Wildman–Crippen LogP) is 2.17. The molecule has 3 N–H and O–H groups in total. The SMILES string of the molecule is Cc1nn(C)c(C)c1CC(C)NC(=O)NCC(C)(O)c1ccccc1. The highest BCUT2D eigenvalue weighted by Crippen LogP contribution is 2.19. The van der Waals surface area contributed by atoms with E-state index in [9.17, 15) is 9.90 Å². The third kappa shape index (κ3) is 4.82. The van der Waals surface area contributed by atoms with Crippen LogP contribution in [0.4, 0.5) is 4.79 Å². The second-order valence-corrected chi connectivity index (χ2v) is 6.85. The molecule has 0 aliphatic heterocycles. The highest BCUT2D eigenvalue weighted by atomic mass is 16.3. The summed E-state index contributed by atoms with van der Waals surface area (Å²) >= 11 is 0. The van der Waals surface area contributed by atoms with Crippen LogP contribution in [0.3, 0.4) is 0 Å². The van der Waals surface area contributed by atoms with Crippen LogP contribution in [-0.2, 0) is 19.1 Å². The van der Waals surface area contributed by atoms with E-state index in [2.05, 4.69) is 15.7 Å². The van der Waals surface area contributed by atoms with Crippen LogP contribution in [0.2, 0.25) is 0 Å². The molecular weight excluding hydrogens is 316 g/mol. The van der Waals surface area contributed by atoms with E-state index in [0.717, 1.165) is 22.5 Å². The van der Waals surface area contributed by atoms with E-state index in [1.165, 1.54) is 0 Å². The van der Waals surface area contributed by atoms with Crippen LogP contribution in [-0.4, -0.2) is 33.5 Å². The van der Waals surface area contributed by atoms with Gasteiger partial charge in [0.25, 0.3) is 0 Å². The van der Waals surface area contributed by atoms with Crippen LogP contribution >= 0.6 is 0 Å². The Labute approximate surface area is 149 Å². The van der Waals surface area contributed by atoms with Crippen molar-refractivity contribution in [3.05, 3.63) is 52.8 Å². The molecule has 1 heterocycles. The van der Waals surface area contributed by atoms with Crippen LogP contribution in [0.1, 0.15) is 36.4 Å². The first-order valence-corrected chi connectivity index (χ1v) is 8.52. The summed E-state index contributed by atoms with van der Waals surface area (Å²) in [4.78, 5) is 12.1. The van der Waals surface area contributed by atoms with Crippen LogP contribution in [0.25, 0.3) is 0 Å². The minimum Gasteiger partial charge on any atom is -0.384 e. The first kappa shape index (κ1) is 19.0. The fraction of sp³-hybridized carbons (Fsp3) is 0.474. The Balaban J connectivity index is 1.87. The molecule has 0 aliphatic carbocycles. The van der Waals surface area contributed by atoms with Gasteiger partial charge in [-0.2, -0.15) is 5.10 Å². The van der Waals surface area contributed by atoms with Crippen molar-refractivity contribution < 1.29 is 9.90 Å². The van der Waals surface area contributed by atoms with Gasteiger partial charge in [0.1, 0.15) is 5.60 Å². The van der Waals surface area contributed by atoms with Crippen LogP contribution in [0, 0.1) is 13.8 Å². The minimum absolute atomic E-state index is 0.0386. The highest BCUT2D eigenvalue weighted by molar-refractivity contribution is 5.74. The van der Waals surface area contributed by atoms with Gasteiger partial charge in [-0.1, -0.05) is 30.3 Å². The second-order valence-electron chi connectivity index (χ2n) is 6.85. The van der Waals surface area contributed by atoms with Gasteiger partial charge in [0, 0.05) is 18.8 Å². The number of nitrogens with one attached hydrogen (secondary N) is 2. The largest absolute Gasteiger partial charge is 0.384 e. The Morgan fingerprint density at radius 3 is 2.52 bits per heavy atom. The molecule has 0 bridgehead atoms. The van der Waals surface area contributed by atoms with E-state index < -0.39 is 5.60 Å². The third-order valence-corrected chi connectivity index (χ3v) is 4.54. The summed E-state index contributed by atoms with van der Waals surface area (Å²) in [6.07, 6.45) is 0.716. The first-order valence-electron chi connectivity index (χ1n) is 8.52. The molecule has 1 aromatic carbocycles. The number of aryl methyl sites for hydroxylation is 2. The lowest BCUT2D eigenvalue weighted by Crippen LogP contribution is -2.46. The summed E-state index contributed by atoms with van der Waals surface area (Å²) in [6, 6.07) is 8.98. The molecule has 0 saturated carbocycles. The van der Waals surface area contributed by atoms with Crippen molar-refractivity contribution in [3.63, 3.8) is 0 Å². The van der Waals surface area contributed by atoms with Gasteiger partial charge in [0.2, 0.25) is 0 Å². The minimum atomic E-state index is -1.11. The standard InChI is InChI=1S/C19H28N4O2/c1-13(11-17-14(2)22-23(5)15(17)3)21-18(24)20-12-19(4,25)16-9-7-6-8-10-16/h6-10,13,25H,11-12H2,1-5H3,(H2,20,21,24). The highest BCUT2D eigenvalue weighted by Gasteiger charge is 2.24. The molecular formula is C19H28N4O2. The Morgan fingerprint density at radius 2 is 1.96 bits per heavy atom. The van der Waals surface area contributed by atoms with E-state index in [-0.39, 0.29) is 18.6 Å². The summed E-state index contributed by atoms with van der Waals surface area (Å²) in [7, 11) is 1.92. The lowest BCUT2D eigenvalue weighted by Gasteiger charge is -2.25. The van der Waals surface area contributed by atoms with Crippen molar-refractivity contribution in [2.75, 3.05) is 6.54 Å². The maximum Gasteiger partial charge on any atom is 0.315 e. The quantitative estimate of drug-likeness (QED) is 0.751. The van der Waals surface area contributed by atoms with Crippen molar-refractivity contribution in [1.82, 2.24) is 20.4 Å². The average Bonchev–Trinajstić information content (AvgIpc) is 2.80. The molecule has 0 radical (unpaired) electrons. The van der Waals surface area contributed by atoms with E-state index in [1.54, 1.807) is 6.92 Å². The van der Waals surface area contributed by atoms with Gasteiger partial charge in [-0.25, -0.2) is 4.79 Å². The number of nitrogens with zero attached hydrogens (tertiary/aromatic N) is 2. The predicted molar refractivity (Wildman–Crippen MR) is 98.4 cm³/mol. The van der Waals surface area contributed by atoms with Gasteiger partial charge in [0.15, 0.2) is 0 Å². The summed E-state index contributed by atoms with van der Waals surface area (Å²) in [5.74, 6) is 0. The zero-order chi connectivity index (χ0) is 18.6. The number of benzene rings is 1.